The van der Waals surface area contributed by atoms with Gasteiger partial charge in [-0.05, 0) is 63.4 Å². The molecule has 2 saturated heterocycles. The molecule has 1 unspecified atom stereocenters. The zero-order valence-corrected chi connectivity index (χ0v) is 15.8. The van der Waals surface area contributed by atoms with Crippen molar-refractivity contribution in [2.45, 2.75) is 31.8 Å². The van der Waals surface area contributed by atoms with E-state index in [4.69, 9.17) is 14.2 Å². The molecule has 0 N–H and O–H groups in total. The zero-order chi connectivity index (χ0) is 17.6. The van der Waals surface area contributed by atoms with Gasteiger partial charge in [0.05, 0.1) is 13.2 Å². The summed E-state index contributed by atoms with van der Waals surface area (Å²) in [6.45, 7) is 9.34. The third-order valence-electron chi connectivity index (χ3n) is 5.93. The number of fused-ring (bicyclic) bond motifs is 1. The molecule has 0 bridgehead atoms. The second kappa shape index (κ2) is 9.07. The smallest absolute Gasteiger partial charge is 0.161 e. The predicted octanol–water partition coefficient (Wildman–Crippen LogP) is 2.65. The highest BCUT2D eigenvalue weighted by Gasteiger charge is 2.26. The Bertz CT molecular complexity index is 554. The van der Waals surface area contributed by atoms with E-state index in [0.717, 1.165) is 50.3 Å². The Morgan fingerprint density at radius 3 is 2.50 bits per heavy atom. The Labute approximate surface area is 157 Å². The van der Waals surface area contributed by atoms with Gasteiger partial charge in [0.1, 0.15) is 12.7 Å². The van der Waals surface area contributed by atoms with E-state index >= 15 is 0 Å². The predicted molar refractivity (Wildman–Crippen MR) is 102 cm³/mol. The van der Waals surface area contributed by atoms with Crippen molar-refractivity contribution in [2.75, 3.05) is 59.1 Å². The molecule has 0 aromatic heterocycles. The summed E-state index contributed by atoms with van der Waals surface area (Å²) in [5.74, 6) is 2.67. The summed E-state index contributed by atoms with van der Waals surface area (Å²) in [5.41, 5.74) is 0. The van der Waals surface area contributed by atoms with Gasteiger partial charge in [0.15, 0.2) is 11.5 Å². The number of piperidine rings is 1. The van der Waals surface area contributed by atoms with Crippen LogP contribution in [-0.4, -0.2) is 75.0 Å². The summed E-state index contributed by atoms with van der Waals surface area (Å²) in [4.78, 5) is 5.11. The molecule has 1 atom stereocenters. The van der Waals surface area contributed by atoms with Gasteiger partial charge in [0, 0.05) is 19.6 Å². The first-order valence-corrected chi connectivity index (χ1v) is 10.3. The van der Waals surface area contributed by atoms with Crippen LogP contribution in [0.25, 0.3) is 0 Å². The van der Waals surface area contributed by atoms with Gasteiger partial charge in [-0.15, -0.1) is 0 Å². The van der Waals surface area contributed by atoms with E-state index in [1.54, 1.807) is 0 Å². The highest BCUT2D eigenvalue weighted by Crippen LogP contribution is 2.31. The van der Waals surface area contributed by atoms with Crippen molar-refractivity contribution in [2.24, 2.45) is 5.92 Å². The zero-order valence-electron chi connectivity index (χ0n) is 15.8. The van der Waals surface area contributed by atoms with E-state index in [2.05, 4.69) is 9.80 Å². The number of hydrogen-bond acceptors (Lipinski definition) is 5. The van der Waals surface area contributed by atoms with Crippen LogP contribution in [0.5, 0.6) is 11.5 Å². The molecule has 1 aromatic rings. The molecule has 144 valence electrons. The highest BCUT2D eigenvalue weighted by molar-refractivity contribution is 5.40. The van der Waals surface area contributed by atoms with Crippen molar-refractivity contribution in [1.82, 2.24) is 9.80 Å². The Morgan fingerprint density at radius 2 is 1.69 bits per heavy atom. The first-order chi connectivity index (χ1) is 12.9. The molecule has 0 saturated carbocycles. The summed E-state index contributed by atoms with van der Waals surface area (Å²) < 4.78 is 17.4. The molecule has 3 aliphatic rings. The van der Waals surface area contributed by atoms with Crippen molar-refractivity contribution >= 4 is 0 Å². The monoisotopic (exact) mass is 360 g/mol. The van der Waals surface area contributed by atoms with Crippen LogP contribution in [-0.2, 0) is 4.74 Å². The fraction of sp³-hybridized carbons (Fsp3) is 0.714. The van der Waals surface area contributed by atoms with Gasteiger partial charge < -0.3 is 14.2 Å². The lowest BCUT2D eigenvalue weighted by Gasteiger charge is -2.36. The SMILES string of the molecule is c1ccc2c(c1)OCC(CN1CCC(CCCN3CCOCC3)CC1)O2. The summed E-state index contributed by atoms with van der Waals surface area (Å²) >= 11 is 0. The standard InChI is InChI=1S/C21H32N2O3/c1-2-6-21-20(5-1)25-17-19(26-21)16-23-10-7-18(8-11-23)4-3-9-22-12-14-24-15-13-22/h1-2,5-6,18-19H,3-4,7-17H2. The maximum absolute atomic E-state index is 6.11. The number of likely N-dealkylation sites (tertiary alicyclic amines) is 1. The average molecular weight is 360 g/mol. The quantitative estimate of drug-likeness (QED) is 0.779. The average Bonchev–Trinajstić information content (AvgIpc) is 2.70. The topological polar surface area (TPSA) is 34.2 Å². The third kappa shape index (κ3) is 4.90. The minimum atomic E-state index is 0.155. The third-order valence-corrected chi connectivity index (χ3v) is 5.93. The molecule has 3 heterocycles. The lowest BCUT2D eigenvalue weighted by Crippen LogP contribution is -2.44. The van der Waals surface area contributed by atoms with Gasteiger partial charge in [-0.3, -0.25) is 9.80 Å². The molecule has 0 spiro atoms. The van der Waals surface area contributed by atoms with Crippen molar-refractivity contribution in [3.63, 3.8) is 0 Å². The van der Waals surface area contributed by atoms with Crippen LogP contribution in [0.15, 0.2) is 24.3 Å². The first-order valence-electron chi connectivity index (χ1n) is 10.3. The van der Waals surface area contributed by atoms with Gasteiger partial charge in [-0.2, -0.15) is 0 Å². The number of ether oxygens (including phenoxy) is 3. The molecular weight excluding hydrogens is 328 g/mol. The van der Waals surface area contributed by atoms with Crippen molar-refractivity contribution in [3.05, 3.63) is 24.3 Å². The lowest BCUT2D eigenvalue weighted by molar-refractivity contribution is 0.0347. The molecule has 5 heteroatoms. The Kier molecular flexibility index (Phi) is 6.31. The molecule has 2 fully saturated rings. The molecule has 5 nitrogen and oxygen atoms in total. The van der Waals surface area contributed by atoms with Gasteiger partial charge in [0.25, 0.3) is 0 Å². The summed E-state index contributed by atoms with van der Waals surface area (Å²) in [6.07, 6.45) is 5.52. The van der Waals surface area contributed by atoms with Crippen LogP contribution in [0.1, 0.15) is 25.7 Å². The molecule has 3 aliphatic heterocycles. The second-order valence-electron chi connectivity index (χ2n) is 7.84. The Balaban J connectivity index is 1.13. The number of morpholine rings is 1. The van der Waals surface area contributed by atoms with E-state index in [-0.39, 0.29) is 6.10 Å². The summed E-state index contributed by atoms with van der Waals surface area (Å²) in [6, 6.07) is 7.98. The lowest BCUT2D eigenvalue weighted by atomic mass is 9.92. The molecule has 0 radical (unpaired) electrons. The Morgan fingerprint density at radius 1 is 0.923 bits per heavy atom. The molecule has 1 aromatic carbocycles. The van der Waals surface area contributed by atoms with Crippen molar-refractivity contribution in [3.8, 4) is 11.5 Å². The van der Waals surface area contributed by atoms with Crippen LogP contribution < -0.4 is 9.47 Å². The fourth-order valence-electron chi connectivity index (χ4n) is 4.33. The minimum absolute atomic E-state index is 0.155. The normalized spacial score (nSPS) is 25.3. The van der Waals surface area contributed by atoms with Crippen LogP contribution >= 0.6 is 0 Å². The van der Waals surface area contributed by atoms with Crippen molar-refractivity contribution in [1.29, 1.82) is 0 Å². The van der Waals surface area contributed by atoms with E-state index in [1.807, 2.05) is 24.3 Å². The van der Waals surface area contributed by atoms with Crippen molar-refractivity contribution < 1.29 is 14.2 Å². The fourth-order valence-corrected chi connectivity index (χ4v) is 4.33. The number of para-hydroxylation sites is 2. The first kappa shape index (κ1) is 18.1. The molecule has 0 aliphatic carbocycles. The number of hydrogen-bond donors (Lipinski definition) is 0. The number of nitrogens with zero attached hydrogens (tertiary/aromatic N) is 2. The second-order valence-corrected chi connectivity index (χ2v) is 7.84. The van der Waals surface area contributed by atoms with E-state index in [1.165, 1.54) is 45.3 Å². The maximum Gasteiger partial charge on any atom is 0.161 e. The number of rotatable bonds is 6. The van der Waals surface area contributed by atoms with Gasteiger partial charge in [0.2, 0.25) is 0 Å². The maximum atomic E-state index is 6.11. The molecular formula is C21H32N2O3. The number of benzene rings is 1. The Hall–Kier alpha value is -1.30. The van der Waals surface area contributed by atoms with Gasteiger partial charge >= 0.3 is 0 Å². The van der Waals surface area contributed by atoms with E-state index in [0.29, 0.717) is 6.61 Å². The van der Waals surface area contributed by atoms with Gasteiger partial charge in [-0.1, -0.05) is 12.1 Å². The van der Waals surface area contributed by atoms with Crippen LogP contribution in [0.3, 0.4) is 0 Å². The highest BCUT2D eigenvalue weighted by atomic mass is 16.6. The molecule has 4 rings (SSSR count). The van der Waals surface area contributed by atoms with Crippen LogP contribution in [0.2, 0.25) is 0 Å². The minimum Gasteiger partial charge on any atom is -0.486 e. The summed E-state index contributed by atoms with van der Waals surface area (Å²) in [7, 11) is 0. The van der Waals surface area contributed by atoms with Crippen LogP contribution in [0, 0.1) is 5.92 Å². The van der Waals surface area contributed by atoms with Crippen LogP contribution in [0.4, 0.5) is 0 Å². The van der Waals surface area contributed by atoms with E-state index in [9.17, 15) is 0 Å². The van der Waals surface area contributed by atoms with Gasteiger partial charge in [-0.25, -0.2) is 0 Å². The molecule has 26 heavy (non-hydrogen) atoms. The largest absolute Gasteiger partial charge is 0.486 e. The summed E-state index contributed by atoms with van der Waals surface area (Å²) in [5, 5.41) is 0. The van der Waals surface area contributed by atoms with E-state index < -0.39 is 0 Å². The molecule has 0 amide bonds.